The Morgan fingerprint density at radius 2 is 2.20 bits per heavy atom. The molecule has 1 aromatic rings. The second kappa shape index (κ2) is 7.29. The van der Waals surface area contributed by atoms with E-state index in [1.54, 1.807) is 0 Å². The minimum absolute atomic E-state index is 0.0279. The number of benzene rings is 1. The number of piperidine rings is 1. The van der Waals surface area contributed by atoms with Gasteiger partial charge in [-0.25, -0.2) is 0 Å². The van der Waals surface area contributed by atoms with Crippen molar-refractivity contribution >= 4 is 5.91 Å². The minimum atomic E-state index is 0.0279. The van der Waals surface area contributed by atoms with Gasteiger partial charge in [-0.15, -0.1) is 0 Å². The van der Waals surface area contributed by atoms with E-state index in [1.165, 1.54) is 0 Å². The summed E-state index contributed by atoms with van der Waals surface area (Å²) in [5.74, 6) is 1.12. The second-order valence-electron chi connectivity index (χ2n) is 5.28. The van der Waals surface area contributed by atoms with Gasteiger partial charge in [-0.2, -0.15) is 0 Å². The van der Waals surface area contributed by atoms with Gasteiger partial charge >= 0.3 is 0 Å². The highest BCUT2D eigenvalue weighted by atomic mass is 16.5. The fourth-order valence-electron chi connectivity index (χ4n) is 2.51. The third kappa shape index (κ3) is 3.97. The van der Waals surface area contributed by atoms with Crippen molar-refractivity contribution in [3.8, 4) is 5.75 Å². The molecule has 0 aromatic heterocycles. The Hall–Kier alpha value is -1.55. The Kier molecular flexibility index (Phi) is 5.41. The van der Waals surface area contributed by atoms with Crippen LogP contribution in [0.5, 0.6) is 5.75 Å². The van der Waals surface area contributed by atoms with Gasteiger partial charge in [0.05, 0.1) is 18.6 Å². The predicted molar refractivity (Wildman–Crippen MR) is 79.8 cm³/mol. The number of carbonyl (C=O) groups is 1. The van der Waals surface area contributed by atoms with E-state index in [2.05, 4.69) is 10.6 Å². The number of ether oxygens (including phenoxy) is 1. The first-order valence-electron chi connectivity index (χ1n) is 7.44. The van der Waals surface area contributed by atoms with Crippen molar-refractivity contribution in [3.63, 3.8) is 0 Å². The molecule has 4 nitrogen and oxygen atoms in total. The largest absolute Gasteiger partial charge is 0.494 e. The molecule has 4 heteroatoms. The smallest absolute Gasteiger partial charge is 0.224 e. The van der Waals surface area contributed by atoms with Crippen LogP contribution in [0.1, 0.15) is 38.3 Å². The van der Waals surface area contributed by atoms with Crippen LogP contribution in [0.3, 0.4) is 0 Å². The average Bonchev–Trinajstić information content (AvgIpc) is 2.49. The first-order valence-corrected chi connectivity index (χ1v) is 7.44. The summed E-state index contributed by atoms with van der Waals surface area (Å²) in [5, 5.41) is 6.37. The zero-order valence-corrected chi connectivity index (χ0v) is 12.3. The molecule has 110 valence electrons. The minimum Gasteiger partial charge on any atom is -0.494 e. The SMILES string of the molecule is CCOc1ccc(C(C)NC(=O)[C@@H]2CCCNC2)cc1. The third-order valence-electron chi connectivity index (χ3n) is 3.72. The van der Waals surface area contributed by atoms with E-state index in [4.69, 9.17) is 4.74 Å². The van der Waals surface area contributed by atoms with E-state index in [0.717, 1.165) is 37.2 Å². The Morgan fingerprint density at radius 1 is 1.45 bits per heavy atom. The zero-order chi connectivity index (χ0) is 14.4. The molecule has 20 heavy (non-hydrogen) atoms. The molecule has 1 heterocycles. The highest BCUT2D eigenvalue weighted by Crippen LogP contribution is 2.19. The number of hydrogen-bond acceptors (Lipinski definition) is 3. The van der Waals surface area contributed by atoms with E-state index < -0.39 is 0 Å². The van der Waals surface area contributed by atoms with Crippen molar-refractivity contribution in [1.82, 2.24) is 10.6 Å². The summed E-state index contributed by atoms with van der Waals surface area (Å²) in [4.78, 5) is 12.2. The zero-order valence-electron chi connectivity index (χ0n) is 12.3. The van der Waals surface area contributed by atoms with Gasteiger partial charge in [0.2, 0.25) is 5.91 Å². The quantitative estimate of drug-likeness (QED) is 0.867. The lowest BCUT2D eigenvalue weighted by Gasteiger charge is -2.24. The molecule has 1 saturated heterocycles. The molecule has 1 aromatic carbocycles. The van der Waals surface area contributed by atoms with Crippen LogP contribution in [0.2, 0.25) is 0 Å². The number of carbonyl (C=O) groups excluding carboxylic acids is 1. The standard InChI is InChI=1S/C16H24N2O2/c1-3-20-15-8-6-13(7-9-15)12(2)18-16(19)14-5-4-10-17-11-14/h6-9,12,14,17H,3-5,10-11H2,1-2H3,(H,18,19)/t12?,14-/m1/s1. The molecule has 0 radical (unpaired) electrons. The summed E-state index contributed by atoms with van der Waals surface area (Å²) in [6.07, 6.45) is 2.06. The summed E-state index contributed by atoms with van der Waals surface area (Å²) >= 11 is 0. The molecule has 2 N–H and O–H groups in total. The molecule has 2 rings (SSSR count). The molecule has 2 atom stereocenters. The third-order valence-corrected chi connectivity index (χ3v) is 3.72. The number of hydrogen-bond donors (Lipinski definition) is 2. The maximum atomic E-state index is 12.2. The first kappa shape index (κ1) is 14.9. The summed E-state index contributed by atoms with van der Waals surface area (Å²) in [7, 11) is 0. The van der Waals surface area contributed by atoms with Crippen molar-refractivity contribution in [2.24, 2.45) is 5.92 Å². The maximum Gasteiger partial charge on any atom is 0.224 e. The van der Waals surface area contributed by atoms with Crippen LogP contribution in [-0.4, -0.2) is 25.6 Å². The lowest BCUT2D eigenvalue weighted by atomic mass is 9.98. The Labute approximate surface area is 120 Å². The molecule has 1 aliphatic heterocycles. The van der Waals surface area contributed by atoms with Crippen molar-refractivity contribution in [2.75, 3.05) is 19.7 Å². The van der Waals surface area contributed by atoms with Crippen LogP contribution in [0, 0.1) is 5.92 Å². The van der Waals surface area contributed by atoms with Crippen LogP contribution in [0.15, 0.2) is 24.3 Å². The topological polar surface area (TPSA) is 50.4 Å². The van der Waals surface area contributed by atoms with Crippen LogP contribution in [0.25, 0.3) is 0 Å². The number of amides is 1. The van der Waals surface area contributed by atoms with Gasteiger partial charge in [0, 0.05) is 6.54 Å². The molecular weight excluding hydrogens is 252 g/mol. The van der Waals surface area contributed by atoms with Gasteiger partial charge < -0.3 is 15.4 Å². The van der Waals surface area contributed by atoms with Crippen LogP contribution >= 0.6 is 0 Å². The van der Waals surface area contributed by atoms with Crippen LogP contribution in [-0.2, 0) is 4.79 Å². The van der Waals surface area contributed by atoms with Gasteiger partial charge in [0.25, 0.3) is 0 Å². The molecule has 1 amide bonds. The van der Waals surface area contributed by atoms with Gasteiger partial charge in [-0.05, 0) is 50.9 Å². The van der Waals surface area contributed by atoms with Gasteiger partial charge in [0.15, 0.2) is 0 Å². The molecule has 0 saturated carbocycles. The van der Waals surface area contributed by atoms with E-state index in [9.17, 15) is 4.79 Å². The molecule has 1 aliphatic rings. The monoisotopic (exact) mass is 276 g/mol. The average molecular weight is 276 g/mol. The van der Waals surface area contributed by atoms with Gasteiger partial charge in [0.1, 0.15) is 5.75 Å². The Morgan fingerprint density at radius 3 is 2.80 bits per heavy atom. The lowest BCUT2D eigenvalue weighted by Crippen LogP contribution is -2.41. The Balaban J connectivity index is 1.89. The first-order chi connectivity index (χ1) is 9.70. The highest BCUT2D eigenvalue weighted by molar-refractivity contribution is 5.79. The van der Waals surface area contributed by atoms with E-state index in [-0.39, 0.29) is 17.9 Å². The summed E-state index contributed by atoms with van der Waals surface area (Å²) in [6.45, 7) is 6.47. The van der Waals surface area contributed by atoms with Crippen molar-refractivity contribution in [1.29, 1.82) is 0 Å². The Bertz CT molecular complexity index is 425. The van der Waals surface area contributed by atoms with Gasteiger partial charge in [-0.3, -0.25) is 4.79 Å². The summed E-state index contributed by atoms with van der Waals surface area (Å²) in [6, 6.07) is 7.94. The molecular formula is C16H24N2O2. The molecule has 1 fully saturated rings. The summed E-state index contributed by atoms with van der Waals surface area (Å²) < 4.78 is 5.42. The molecule has 0 aliphatic carbocycles. The van der Waals surface area contributed by atoms with E-state index >= 15 is 0 Å². The second-order valence-corrected chi connectivity index (χ2v) is 5.28. The van der Waals surface area contributed by atoms with Gasteiger partial charge in [-0.1, -0.05) is 12.1 Å². The molecule has 0 spiro atoms. The van der Waals surface area contributed by atoms with Crippen LogP contribution < -0.4 is 15.4 Å². The predicted octanol–water partition coefficient (Wildman–Crippen LogP) is 2.26. The van der Waals surface area contributed by atoms with Crippen molar-refractivity contribution in [3.05, 3.63) is 29.8 Å². The lowest BCUT2D eigenvalue weighted by molar-refractivity contribution is -0.126. The van der Waals surface area contributed by atoms with Crippen LogP contribution in [0.4, 0.5) is 0 Å². The molecule has 1 unspecified atom stereocenters. The number of rotatable bonds is 5. The maximum absolute atomic E-state index is 12.2. The van der Waals surface area contributed by atoms with Crippen molar-refractivity contribution in [2.45, 2.75) is 32.7 Å². The molecule has 0 bridgehead atoms. The van der Waals surface area contributed by atoms with Crippen molar-refractivity contribution < 1.29 is 9.53 Å². The summed E-state index contributed by atoms with van der Waals surface area (Å²) in [5.41, 5.74) is 1.10. The number of nitrogens with one attached hydrogen (secondary N) is 2. The van der Waals surface area contributed by atoms with E-state index in [0.29, 0.717) is 6.61 Å². The van der Waals surface area contributed by atoms with E-state index in [1.807, 2.05) is 38.1 Å². The fraction of sp³-hybridized carbons (Fsp3) is 0.562. The normalized spacial score (nSPS) is 20.2. The fourth-order valence-corrected chi connectivity index (χ4v) is 2.51. The highest BCUT2D eigenvalue weighted by Gasteiger charge is 2.22.